The summed E-state index contributed by atoms with van der Waals surface area (Å²) in [4.78, 5) is 11.1. The first-order valence-electron chi connectivity index (χ1n) is 4.22. The number of ether oxygens (including phenoxy) is 1. The molecule has 3 heteroatoms. The molecule has 0 aliphatic heterocycles. The van der Waals surface area contributed by atoms with Crippen LogP contribution in [0, 0.1) is 0 Å². The number of benzene rings is 1. The summed E-state index contributed by atoms with van der Waals surface area (Å²) in [6.45, 7) is 2.21. The standard InChI is InChI=1S/C10H11BO2/c1-2-13-10(12)7-8-4-3-5-9(11)6-8/h3-6H,2,7H2,1H3. The summed E-state index contributed by atoms with van der Waals surface area (Å²) in [5, 5.41) is 0. The monoisotopic (exact) mass is 174 g/mol. The Balaban J connectivity index is 2.58. The van der Waals surface area contributed by atoms with Crippen LogP contribution in [0.15, 0.2) is 24.3 Å². The molecule has 0 saturated heterocycles. The number of carbonyl (C=O) groups excluding carboxylic acids is 1. The van der Waals surface area contributed by atoms with Gasteiger partial charge >= 0.3 is 5.97 Å². The van der Waals surface area contributed by atoms with Crippen LogP contribution in [0.25, 0.3) is 0 Å². The Kier molecular flexibility index (Phi) is 3.56. The van der Waals surface area contributed by atoms with E-state index in [-0.39, 0.29) is 5.97 Å². The first-order valence-corrected chi connectivity index (χ1v) is 4.22. The molecular weight excluding hydrogens is 163 g/mol. The lowest BCUT2D eigenvalue weighted by Gasteiger charge is -2.02. The Morgan fingerprint density at radius 1 is 1.54 bits per heavy atom. The van der Waals surface area contributed by atoms with Crippen molar-refractivity contribution in [3.05, 3.63) is 29.8 Å². The van der Waals surface area contributed by atoms with E-state index in [1.807, 2.05) is 12.1 Å². The number of rotatable bonds is 3. The molecule has 0 heterocycles. The maximum Gasteiger partial charge on any atom is 0.310 e. The van der Waals surface area contributed by atoms with Gasteiger partial charge in [0.05, 0.1) is 13.0 Å². The van der Waals surface area contributed by atoms with E-state index in [1.54, 1.807) is 19.1 Å². The number of hydrogen-bond acceptors (Lipinski definition) is 2. The smallest absolute Gasteiger partial charge is 0.310 e. The van der Waals surface area contributed by atoms with Gasteiger partial charge < -0.3 is 4.74 Å². The largest absolute Gasteiger partial charge is 0.466 e. The van der Waals surface area contributed by atoms with Crippen molar-refractivity contribution in [1.29, 1.82) is 0 Å². The van der Waals surface area contributed by atoms with Crippen molar-refractivity contribution in [2.24, 2.45) is 0 Å². The zero-order chi connectivity index (χ0) is 9.68. The fourth-order valence-corrected chi connectivity index (χ4v) is 1.08. The summed E-state index contributed by atoms with van der Waals surface area (Å²) in [7, 11) is 5.56. The molecule has 1 aromatic carbocycles. The minimum Gasteiger partial charge on any atom is -0.466 e. The topological polar surface area (TPSA) is 26.3 Å². The van der Waals surface area contributed by atoms with Crippen LogP contribution in [0.4, 0.5) is 0 Å². The molecule has 0 aliphatic rings. The van der Waals surface area contributed by atoms with Gasteiger partial charge in [-0.25, -0.2) is 0 Å². The average Bonchev–Trinajstić information content (AvgIpc) is 2.04. The number of carbonyl (C=O) groups is 1. The van der Waals surface area contributed by atoms with Gasteiger partial charge in [-0.2, -0.15) is 0 Å². The predicted octanol–water partition coefficient (Wildman–Crippen LogP) is 0.586. The van der Waals surface area contributed by atoms with Crippen LogP contribution >= 0.6 is 0 Å². The maximum atomic E-state index is 11.1. The second-order valence-electron chi connectivity index (χ2n) is 2.73. The number of hydrogen-bond donors (Lipinski definition) is 0. The Bertz CT molecular complexity index is 297. The van der Waals surface area contributed by atoms with Crippen LogP contribution in [-0.4, -0.2) is 20.4 Å². The molecular formula is C10H11BO2. The van der Waals surface area contributed by atoms with Crippen molar-refractivity contribution in [3.63, 3.8) is 0 Å². The molecule has 0 atom stereocenters. The summed E-state index contributed by atoms with van der Waals surface area (Å²) in [5.74, 6) is -0.215. The van der Waals surface area contributed by atoms with E-state index in [0.717, 1.165) is 5.56 Å². The third kappa shape index (κ3) is 3.32. The highest BCUT2D eigenvalue weighted by Crippen LogP contribution is 1.98. The molecule has 2 radical (unpaired) electrons. The van der Waals surface area contributed by atoms with E-state index in [1.165, 1.54) is 0 Å². The van der Waals surface area contributed by atoms with Gasteiger partial charge in [-0.05, 0) is 12.5 Å². The zero-order valence-corrected chi connectivity index (χ0v) is 7.62. The van der Waals surface area contributed by atoms with Crippen LogP contribution < -0.4 is 5.46 Å². The molecule has 0 spiro atoms. The van der Waals surface area contributed by atoms with Gasteiger partial charge in [0.1, 0.15) is 7.85 Å². The van der Waals surface area contributed by atoms with Gasteiger partial charge in [-0.1, -0.05) is 29.7 Å². The van der Waals surface area contributed by atoms with Crippen LogP contribution in [-0.2, 0) is 16.0 Å². The molecule has 1 rings (SSSR count). The van der Waals surface area contributed by atoms with Crippen molar-refractivity contribution in [2.45, 2.75) is 13.3 Å². The van der Waals surface area contributed by atoms with Crippen molar-refractivity contribution in [3.8, 4) is 0 Å². The molecule has 0 unspecified atom stereocenters. The molecule has 66 valence electrons. The van der Waals surface area contributed by atoms with Gasteiger partial charge in [-0.3, -0.25) is 4.79 Å². The minimum atomic E-state index is -0.215. The Morgan fingerprint density at radius 3 is 2.92 bits per heavy atom. The molecule has 13 heavy (non-hydrogen) atoms. The first kappa shape index (κ1) is 9.84. The third-order valence-electron chi connectivity index (χ3n) is 1.60. The lowest BCUT2D eigenvalue weighted by atomic mass is 9.94. The normalized spacial score (nSPS) is 9.62. The summed E-state index contributed by atoms with van der Waals surface area (Å²) in [6.07, 6.45) is 0.291. The fraction of sp³-hybridized carbons (Fsp3) is 0.300. The van der Waals surface area contributed by atoms with E-state index in [9.17, 15) is 4.79 Å². The Labute approximate surface area is 79.3 Å². The highest BCUT2D eigenvalue weighted by Gasteiger charge is 2.02. The highest BCUT2D eigenvalue weighted by molar-refractivity contribution is 6.32. The Hall–Kier alpha value is -1.25. The van der Waals surface area contributed by atoms with E-state index >= 15 is 0 Å². The van der Waals surface area contributed by atoms with Crippen molar-refractivity contribution in [2.75, 3.05) is 6.61 Å². The molecule has 0 aliphatic carbocycles. The molecule has 0 aromatic heterocycles. The lowest BCUT2D eigenvalue weighted by molar-refractivity contribution is -0.142. The molecule has 2 nitrogen and oxygen atoms in total. The Morgan fingerprint density at radius 2 is 2.31 bits per heavy atom. The second-order valence-corrected chi connectivity index (χ2v) is 2.73. The zero-order valence-electron chi connectivity index (χ0n) is 7.62. The predicted molar refractivity (Wildman–Crippen MR) is 52.2 cm³/mol. The minimum absolute atomic E-state index is 0.215. The van der Waals surface area contributed by atoms with Crippen LogP contribution in [0.3, 0.4) is 0 Å². The lowest BCUT2D eigenvalue weighted by Crippen LogP contribution is -2.10. The molecule has 0 N–H and O–H groups in total. The molecule has 0 bridgehead atoms. The third-order valence-corrected chi connectivity index (χ3v) is 1.60. The summed E-state index contributed by atoms with van der Waals surface area (Å²) in [5.41, 5.74) is 1.56. The molecule has 1 aromatic rings. The van der Waals surface area contributed by atoms with Crippen LogP contribution in [0.5, 0.6) is 0 Å². The fourth-order valence-electron chi connectivity index (χ4n) is 1.08. The average molecular weight is 174 g/mol. The number of esters is 1. The van der Waals surface area contributed by atoms with Crippen LogP contribution in [0.1, 0.15) is 12.5 Å². The first-order chi connectivity index (χ1) is 6.22. The van der Waals surface area contributed by atoms with Gasteiger partial charge in [0, 0.05) is 0 Å². The second kappa shape index (κ2) is 4.70. The molecule has 0 fully saturated rings. The van der Waals surface area contributed by atoms with Gasteiger partial charge in [0.15, 0.2) is 0 Å². The summed E-state index contributed by atoms with van der Waals surface area (Å²) in [6, 6.07) is 7.24. The summed E-state index contributed by atoms with van der Waals surface area (Å²) >= 11 is 0. The highest BCUT2D eigenvalue weighted by atomic mass is 16.5. The van der Waals surface area contributed by atoms with E-state index in [0.29, 0.717) is 18.5 Å². The van der Waals surface area contributed by atoms with E-state index < -0.39 is 0 Å². The SMILES string of the molecule is [B]c1cccc(CC(=O)OCC)c1. The molecule has 0 amide bonds. The maximum absolute atomic E-state index is 11.1. The van der Waals surface area contributed by atoms with Crippen molar-refractivity contribution in [1.82, 2.24) is 0 Å². The van der Waals surface area contributed by atoms with Crippen molar-refractivity contribution >= 4 is 19.3 Å². The summed E-state index contributed by atoms with van der Waals surface area (Å²) < 4.78 is 4.81. The van der Waals surface area contributed by atoms with E-state index in [4.69, 9.17) is 12.6 Å². The van der Waals surface area contributed by atoms with E-state index in [2.05, 4.69) is 0 Å². The van der Waals surface area contributed by atoms with Crippen LogP contribution in [0.2, 0.25) is 0 Å². The quantitative estimate of drug-likeness (QED) is 0.495. The van der Waals surface area contributed by atoms with Gasteiger partial charge in [-0.15, -0.1) is 0 Å². The molecule has 0 saturated carbocycles. The van der Waals surface area contributed by atoms with Gasteiger partial charge in [0.2, 0.25) is 0 Å². The van der Waals surface area contributed by atoms with Gasteiger partial charge in [0.25, 0.3) is 0 Å². The van der Waals surface area contributed by atoms with Crippen molar-refractivity contribution < 1.29 is 9.53 Å².